The lowest BCUT2D eigenvalue weighted by atomic mass is 9.44. The third-order valence-corrected chi connectivity index (χ3v) is 9.59. The first kappa shape index (κ1) is 15.8. The van der Waals surface area contributed by atoms with E-state index in [4.69, 9.17) is 4.74 Å². The molecule has 0 aromatic rings. The van der Waals surface area contributed by atoms with Crippen molar-refractivity contribution in [3.63, 3.8) is 0 Å². The number of rotatable bonds is 1. The van der Waals surface area contributed by atoms with E-state index >= 15 is 0 Å². The van der Waals surface area contributed by atoms with E-state index in [1.54, 1.807) is 6.92 Å². The van der Waals surface area contributed by atoms with Crippen molar-refractivity contribution >= 4 is 5.78 Å². The molecular weight excluding hydrogens is 300 g/mol. The summed E-state index contributed by atoms with van der Waals surface area (Å²) in [5, 5.41) is 10.1. The predicted molar refractivity (Wildman–Crippen MR) is 91.4 cm³/mol. The Kier molecular flexibility index (Phi) is 3.06. The summed E-state index contributed by atoms with van der Waals surface area (Å²) < 4.78 is 6.02. The topological polar surface area (TPSA) is 49.8 Å². The second-order valence-corrected chi connectivity index (χ2v) is 10.2. The van der Waals surface area contributed by atoms with Crippen LogP contribution in [0.1, 0.15) is 72.1 Å². The average Bonchev–Trinajstić information content (AvgIpc) is 3.21. The van der Waals surface area contributed by atoms with E-state index in [2.05, 4.69) is 13.8 Å². The van der Waals surface area contributed by atoms with Gasteiger partial charge in [-0.25, -0.2) is 0 Å². The van der Waals surface area contributed by atoms with Gasteiger partial charge in [-0.3, -0.25) is 4.79 Å². The van der Waals surface area contributed by atoms with E-state index in [0.29, 0.717) is 17.3 Å². The van der Waals surface area contributed by atoms with Crippen molar-refractivity contribution in [2.24, 2.45) is 34.5 Å². The molecule has 134 valence electrons. The minimum absolute atomic E-state index is 0.0676. The molecule has 0 radical (unpaired) electrons. The van der Waals surface area contributed by atoms with Crippen LogP contribution in [0, 0.1) is 34.5 Å². The summed E-state index contributed by atoms with van der Waals surface area (Å²) in [4.78, 5) is 12.4. The number of hydrogen-bond donors (Lipinski definition) is 1. The largest absolute Gasteiger partial charge is 0.393 e. The van der Waals surface area contributed by atoms with E-state index in [-0.39, 0.29) is 23.4 Å². The highest BCUT2D eigenvalue weighted by Crippen LogP contribution is 2.73. The predicted octanol–water partition coefficient (Wildman–Crippen LogP) is 3.73. The summed E-state index contributed by atoms with van der Waals surface area (Å²) in [5.74, 6) is 3.22. The van der Waals surface area contributed by atoms with Gasteiger partial charge in [0, 0.05) is 5.41 Å². The highest BCUT2D eigenvalue weighted by molar-refractivity contribution is 5.90. The Morgan fingerprint density at radius 1 is 1.04 bits per heavy atom. The van der Waals surface area contributed by atoms with Gasteiger partial charge in [0.05, 0.1) is 12.2 Å². The fourth-order valence-corrected chi connectivity index (χ4v) is 8.30. The molecule has 1 saturated heterocycles. The van der Waals surface area contributed by atoms with E-state index in [1.165, 1.54) is 25.7 Å². The lowest BCUT2D eigenvalue weighted by Crippen LogP contribution is -2.56. The third-order valence-electron chi connectivity index (χ3n) is 9.59. The molecule has 5 aliphatic rings. The molecule has 0 aromatic heterocycles. The first-order chi connectivity index (χ1) is 11.3. The number of epoxide rings is 1. The van der Waals surface area contributed by atoms with Gasteiger partial charge in [0.25, 0.3) is 0 Å². The number of aliphatic hydroxyl groups is 1. The summed E-state index contributed by atoms with van der Waals surface area (Å²) in [6.07, 6.45) is 9.45. The van der Waals surface area contributed by atoms with Crippen molar-refractivity contribution in [2.45, 2.75) is 89.9 Å². The van der Waals surface area contributed by atoms with Crippen LogP contribution in [0.2, 0.25) is 0 Å². The Morgan fingerprint density at radius 2 is 1.83 bits per heavy atom. The van der Waals surface area contributed by atoms with Crippen molar-refractivity contribution in [3.05, 3.63) is 0 Å². The first-order valence-electron chi connectivity index (χ1n) is 10.2. The number of hydrogen-bond acceptors (Lipinski definition) is 3. The minimum atomic E-state index is -0.427. The molecular formula is C21H32O3. The van der Waals surface area contributed by atoms with E-state index < -0.39 is 5.60 Å². The van der Waals surface area contributed by atoms with Crippen LogP contribution in [-0.2, 0) is 9.53 Å². The molecule has 0 aromatic carbocycles. The summed E-state index contributed by atoms with van der Waals surface area (Å²) in [6.45, 7) is 6.64. The van der Waals surface area contributed by atoms with Crippen LogP contribution in [-0.4, -0.2) is 28.7 Å². The lowest BCUT2D eigenvalue weighted by molar-refractivity contribution is -0.151. The first-order valence-corrected chi connectivity index (χ1v) is 10.2. The Bertz CT molecular complexity index is 588. The highest BCUT2D eigenvalue weighted by Gasteiger charge is 2.79. The van der Waals surface area contributed by atoms with Crippen LogP contribution in [0.25, 0.3) is 0 Å². The van der Waals surface area contributed by atoms with E-state index in [0.717, 1.165) is 37.5 Å². The number of ketones is 1. The van der Waals surface area contributed by atoms with Gasteiger partial charge in [-0.2, -0.15) is 0 Å². The van der Waals surface area contributed by atoms with Crippen LogP contribution >= 0.6 is 0 Å². The zero-order chi connectivity index (χ0) is 16.9. The molecule has 0 unspecified atom stereocenters. The quantitative estimate of drug-likeness (QED) is 0.745. The average molecular weight is 332 g/mol. The maximum absolute atomic E-state index is 12.4. The maximum atomic E-state index is 12.4. The summed E-state index contributed by atoms with van der Waals surface area (Å²) in [6, 6.07) is 0. The summed E-state index contributed by atoms with van der Waals surface area (Å²) in [5.41, 5.74) is 0.0612. The number of ether oxygens (including phenoxy) is 1. The third kappa shape index (κ3) is 1.65. The summed E-state index contributed by atoms with van der Waals surface area (Å²) >= 11 is 0. The van der Waals surface area contributed by atoms with Gasteiger partial charge in [-0.15, -0.1) is 0 Å². The van der Waals surface area contributed by atoms with Gasteiger partial charge in [0.2, 0.25) is 0 Å². The standard InChI is InChI=1S/C21H32O3/c1-12(22)21-18(24-21)11-17-15-5-4-13-10-14(23)6-8-19(13,2)16(15)7-9-20(17,21)3/h13-18,23H,4-11H2,1-3H3/t13-,14+,15+,16-,17-,18+,19-,20-,21+/m0/s1. The number of carbonyl (C=O) groups is 1. The van der Waals surface area contributed by atoms with E-state index in [9.17, 15) is 9.90 Å². The molecule has 0 bridgehead atoms. The molecule has 1 aliphatic heterocycles. The Hall–Kier alpha value is -0.410. The fraction of sp³-hybridized carbons (Fsp3) is 0.952. The molecule has 0 spiro atoms. The van der Waals surface area contributed by atoms with Gasteiger partial charge in [-0.05, 0) is 87.4 Å². The Balaban J connectivity index is 1.47. The molecule has 1 heterocycles. The van der Waals surface area contributed by atoms with Crippen molar-refractivity contribution in [3.8, 4) is 0 Å². The lowest BCUT2D eigenvalue weighted by Gasteiger charge is -2.61. The Labute approximate surface area is 145 Å². The molecule has 1 N–H and O–H groups in total. The highest BCUT2D eigenvalue weighted by atomic mass is 16.6. The van der Waals surface area contributed by atoms with Gasteiger partial charge in [0.15, 0.2) is 11.4 Å². The van der Waals surface area contributed by atoms with Crippen LogP contribution in [0.4, 0.5) is 0 Å². The zero-order valence-electron chi connectivity index (χ0n) is 15.4. The van der Waals surface area contributed by atoms with Crippen LogP contribution in [0.3, 0.4) is 0 Å². The second kappa shape index (κ2) is 4.65. The van der Waals surface area contributed by atoms with Gasteiger partial charge < -0.3 is 9.84 Å². The number of carbonyl (C=O) groups excluding carboxylic acids is 1. The van der Waals surface area contributed by atoms with Crippen LogP contribution in [0.5, 0.6) is 0 Å². The molecule has 5 rings (SSSR count). The number of Topliss-reactive ketones (excluding diaryl/α,β-unsaturated/α-hetero) is 1. The van der Waals surface area contributed by atoms with Gasteiger partial charge in [-0.1, -0.05) is 13.8 Å². The fourth-order valence-electron chi connectivity index (χ4n) is 8.30. The molecule has 0 amide bonds. The second-order valence-electron chi connectivity index (χ2n) is 10.2. The maximum Gasteiger partial charge on any atom is 0.164 e. The Morgan fingerprint density at radius 3 is 2.58 bits per heavy atom. The van der Waals surface area contributed by atoms with Crippen molar-refractivity contribution in [1.82, 2.24) is 0 Å². The van der Waals surface area contributed by atoms with Crippen molar-refractivity contribution in [2.75, 3.05) is 0 Å². The molecule has 3 heteroatoms. The molecule has 9 atom stereocenters. The van der Waals surface area contributed by atoms with Gasteiger partial charge in [0.1, 0.15) is 0 Å². The number of aliphatic hydroxyl groups excluding tert-OH is 1. The number of fused-ring (bicyclic) bond motifs is 7. The molecule has 5 fully saturated rings. The monoisotopic (exact) mass is 332 g/mol. The minimum Gasteiger partial charge on any atom is -0.393 e. The van der Waals surface area contributed by atoms with Crippen molar-refractivity contribution in [1.29, 1.82) is 0 Å². The molecule has 4 saturated carbocycles. The molecule has 3 nitrogen and oxygen atoms in total. The van der Waals surface area contributed by atoms with Crippen LogP contribution < -0.4 is 0 Å². The zero-order valence-corrected chi connectivity index (χ0v) is 15.4. The molecule has 4 aliphatic carbocycles. The van der Waals surface area contributed by atoms with Gasteiger partial charge >= 0.3 is 0 Å². The normalized spacial score (nSPS) is 61.3. The summed E-state index contributed by atoms with van der Waals surface area (Å²) in [7, 11) is 0. The van der Waals surface area contributed by atoms with Crippen molar-refractivity contribution < 1.29 is 14.6 Å². The van der Waals surface area contributed by atoms with E-state index in [1.807, 2.05) is 0 Å². The molecule has 24 heavy (non-hydrogen) atoms. The van der Waals surface area contributed by atoms with Crippen LogP contribution in [0.15, 0.2) is 0 Å². The smallest absolute Gasteiger partial charge is 0.164 e. The SMILES string of the molecule is CC(=O)[C@@]12O[C@@H]1C[C@H]1[C@@H]3CC[C@H]4C[C@H](O)CC[C@]4(C)[C@H]3CC[C@@]12C.